The molecule has 86 valence electrons. The average Bonchev–Trinajstić information content (AvgIpc) is 2.26. The van der Waals surface area contributed by atoms with Crippen molar-refractivity contribution in [1.29, 1.82) is 0 Å². The molecule has 0 aliphatic rings. The minimum absolute atomic E-state index is 0.189. The van der Waals surface area contributed by atoms with Gasteiger partial charge < -0.3 is 4.74 Å². The van der Waals surface area contributed by atoms with E-state index in [1.807, 2.05) is 0 Å². The van der Waals surface area contributed by atoms with E-state index in [2.05, 4.69) is 9.72 Å². The number of pyridine rings is 1. The molecule has 8 heteroatoms. The van der Waals surface area contributed by atoms with Crippen LogP contribution in [-0.4, -0.2) is 23.3 Å². The number of alkyl halides is 2. The van der Waals surface area contributed by atoms with Gasteiger partial charge in [-0.1, -0.05) is 0 Å². The number of aromatic nitrogens is 1. The van der Waals surface area contributed by atoms with E-state index in [-0.39, 0.29) is 6.29 Å². The molecule has 0 bridgehead atoms. The summed E-state index contributed by atoms with van der Waals surface area (Å²) in [6.07, 6.45) is -2.33. The first-order chi connectivity index (χ1) is 7.52. The van der Waals surface area contributed by atoms with Crippen LogP contribution in [0.25, 0.3) is 0 Å². The highest BCUT2D eigenvalue weighted by Gasteiger charge is 2.29. The Morgan fingerprint density at radius 3 is 2.62 bits per heavy atom. The molecule has 0 spiro atoms. The van der Waals surface area contributed by atoms with Crippen LogP contribution >= 0.6 is 0 Å². The molecule has 0 aliphatic heterocycles. The number of carbonyl (C=O) groups excluding carboxylic acids is 1. The SMILES string of the molecule is COc1c(C=O)ncc([N+](=O)[O-])c1C(F)F. The number of halogens is 2. The molecule has 1 aromatic rings. The van der Waals surface area contributed by atoms with Crippen LogP contribution in [0.3, 0.4) is 0 Å². The number of ether oxygens (including phenoxy) is 1. The number of methoxy groups -OCH3 is 1. The number of hydrogen-bond donors (Lipinski definition) is 0. The first-order valence-electron chi connectivity index (χ1n) is 3.97. The lowest BCUT2D eigenvalue weighted by atomic mass is 10.1. The Hall–Kier alpha value is -2.12. The number of nitro groups is 1. The van der Waals surface area contributed by atoms with Crippen LogP contribution < -0.4 is 4.74 Å². The van der Waals surface area contributed by atoms with E-state index in [4.69, 9.17) is 0 Å². The Kier molecular flexibility index (Phi) is 3.44. The Balaban J connectivity index is 3.56. The summed E-state index contributed by atoms with van der Waals surface area (Å²) in [6, 6.07) is 0. The highest BCUT2D eigenvalue weighted by atomic mass is 19.3. The van der Waals surface area contributed by atoms with Gasteiger partial charge in [-0.2, -0.15) is 0 Å². The first kappa shape index (κ1) is 12.0. The molecule has 0 radical (unpaired) electrons. The third-order valence-corrected chi connectivity index (χ3v) is 1.81. The van der Waals surface area contributed by atoms with Crippen LogP contribution in [0.4, 0.5) is 14.5 Å². The third-order valence-electron chi connectivity index (χ3n) is 1.81. The van der Waals surface area contributed by atoms with E-state index in [9.17, 15) is 23.7 Å². The van der Waals surface area contributed by atoms with Crippen LogP contribution in [0.1, 0.15) is 22.5 Å². The number of aldehydes is 1. The first-order valence-corrected chi connectivity index (χ1v) is 3.97. The molecule has 16 heavy (non-hydrogen) atoms. The second-order valence-corrected chi connectivity index (χ2v) is 2.65. The molecule has 0 saturated carbocycles. The summed E-state index contributed by atoms with van der Waals surface area (Å²) in [5, 5.41) is 10.5. The van der Waals surface area contributed by atoms with Gasteiger partial charge in [0.05, 0.1) is 12.0 Å². The van der Waals surface area contributed by atoms with Gasteiger partial charge in [0, 0.05) is 0 Å². The maximum absolute atomic E-state index is 12.6. The fourth-order valence-electron chi connectivity index (χ4n) is 1.17. The number of hydrogen-bond acceptors (Lipinski definition) is 5. The number of carbonyl (C=O) groups is 1. The minimum atomic E-state index is -3.13. The largest absolute Gasteiger partial charge is 0.494 e. The molecule has 1 heterocycles. The summed E-state index contributed by atoms with van der Waals surface area (Å²) < 4.78 is 29.8. The lowest BCUT2D eigenvalue weighted by Crippen LogP contribution is -2.04. The fourth-order valence-corrected chi connectivity index (χ4v) is 1.17. The molecule has 0 saturated heterocycles. The lowest BCUT2D eigenvalue weighted by molar-refractivity contribution is -0.386. The minimum Gasteiger partial charge on any atom is -0.494 e. The smallest absolute Gasteiger partial charge is 0.300 e. The summed E-state index contributed by atoms with van der Waals surface area (Å²) in [6.45, 7) is 0. The van der Waals surface area contributed by atoms with Crippen molar-refractivity contribution in [2.24, 2.45) is 0 Å². The molecule has 0 aromatic carbocycles. The summed E-state index contributed by atoms with van der Waals surface area (Å²) in [4.78, 5) is 23.3. The van der Waals surface area contributed by atoms with Crippen LogP contribution in [-0.2, 0) is 0 Å². The van der Waals surface area contributed by atoms with Crippen molar-refractivity contribution in [3.63, 3.8) is 0 Å². The van der Waals surface area contributed by atoms with Crippen molar-refractivity contribution in [1.82, 2.24) is 4.98 Å². The van der Waals surface area contributed by atoms with E-state index in [1.54, 1.807) is 0 Å². The zero-order valence-electron chi connectivity index (χ0n) is 8.02. The normalized spacial score (nSPS) is 10.2. The molecule has 0 fully saturated rings. The van der Waals surface area contributed by atoms with Crippen molar-refractivity contribution in [3.05, 3.63) is 27.6 Å². The van der Waals surface area contributed by atoms with Crippen LogP contribution in [0.2, 0.25) is 0 Å². The van der Waals surface area contributed by atoms with Gasteiger partial charge in [-0.15, -0.1) is 0 Å². The highest BCUT2D eigenvalue weighted by molar-refractivity contribution is 5.78. The third kappa shape index (κ3) is 1.95. The van der Waals surface area contributed by atoms with Crippen LogP contribution in [0, 0.1) is 10.1 Å². The van der Waals surface area contributed by atoms with Gasteiger partial charge >= 0.3 is 0 Å². The van der Waals surface area contributed by atoms with E-state index in [1.165, 1.54) is 0 Å². The Morgan fingerprint density at radius 2 is 2.25 bits per heavy atom. The molecular formula is C8H6F2N2O4. The zero-order valence-corrected chi connectivity index (χ0v) is 8.02. The van der Waals surface area contributed by atoms with Crippen molar-refractivity contribution >= 4 is 12.0 Å². The Labute approximate surface area is 88.0 Å². The van der Waals surface area contributed by atoms with Gasteiger partial charge in [0.25, 0.3) is 12.1 Å². The molecule has 0 aliphatic carbocycles. The quantitative estimate of drug-likeness (QED) is 0.448. The highest BCUT2D eigenvalue weighted by Crippen LogP contribution is 2.37. The molecular weight excluding hydrogens is 226 g/mol. The lowest BCUT2D eigenvalue weighted by Gasteiger charge is -2.09. The predicted octanol–water partition coefficient (Wildman–Crippen LogP) is 1.75. The van der Waals surface area contributed by atoms with Crippen molar-refractivity contribution in [2.45, 2.75) is 6.43 Å². The van der Waals surface area contributed by atoms with Crippen molar-refractivity contribution < 1.29 is 23.2 Å². The summed E-state index contributed by atoms with van der Waals surface area (Å²) in [5.41, 5.74) is -2.22. The Bertz CT molecular complexity index is 436. The van der Waals surface area contributed by atoms with Gasteiger partial charge in [-0.05, 0) is 0 Å². The number of rotatable bonds is 4. The second-order valence-electron chi connectivity index (χ2n) is 2.65. The van der Waals surface area contributed by atoms with Gasteiger partial charge in [-0.25, -0.2) is 13.8 Å². The van der Waals surface area contributed by atoms with Crippen molar-refractivity contribution in [2.75, 3.05) is 7.11 Å². The standard InChI is InChI=1S/C8H6F2N2O4/c1-16-7-4(3-13)11-2-5(12(14)15)6(7)8(9)10/h2-3,8H,1H3. The van der Waals surface area contributed by atoms with Crippen LogP contribution in [0.5, 0.6) is 5.75 Å². The molecule has 1 rings (SSSR count). The van der Waals surface area contributed by atoms with E-state index in [0.717, 1.165) is 7.11 Å². The zero-order chi connectivity index (χ0) is 12.3. The summed E-state index contributed by atoms with van der Waals surface area (Å²) in [7, 11) is 1.03. The topological polar surface area (TPSA) is 82.3 Å². The average molecular weight is 232 g/mol. The van der Waals surface area contributed by atoms with E-state index < -0.39 is 34.0 Å². The molecule has 0 amide bonds. The van der Waals surface area contributed by atoms with Gasteiger partial charge in [-0.3, -0.25) is 14.9 Å². The van der Waals surface area contributed by atoms with Gasteiger partial charge in [0.2, 0.25) is 0 Å². The maximum Gasteiger partial charge on any atom is 0.300 e. The molecule has 0 atom stereocenters. The maximum atomic E-state index is 12.6. The van der Waals surface area contributed by atoms with Crippen molar-refractivity contribution in [3.8, 4) is 5.75 Å². The summed E-state index contributed by atoms with van der Waals surface area (Å²) in [5.74, 6) is -0.570. The number of nitrogens with zero attached hydrogens (tertiary/aromatic N) is 2. The van der Waals surface area contributed by atoms with Crippen LogP contribution in [0.15, 0.2) is 6.20 Å². The second kappa shape index (κ2) is 4.60. The molecule has 0 unspecified atom stereocenters. The van der Waals surface area contributed by atoms with E-state index >= 15 is 0 Å². The predicted molar refractivity (Wildman–Crippen MR) is 47.8 cm³/mol. The van der Waals surface area contributed by atoms with E-state index in [0.29, 0.717) is 6.20 Å². The van der Waals surface area contributed by atoms with Gasteiger partial charge in [0.1, 0.15) is 17.5 Å². The molecule has 0 N–H and O–H groups in total. The monoisotopic (exact) mass is 232 g/mol. The Morgan fingerprint density at radius 1 is 1.62 bits per heavy atom. The molecule has 6 nitrogen and oxygen atoms in total. The molecule has 1 aromatic heterocycles. The summed E-state index contributed by atoms with van der Waals surface area (Å²) >= 11 is 0. The van der Waals surface area contributed by atoms with Gasteiger partial charge in [0.15, 0.2) is 12.0 Å². The fraction of sp³-hybridized carbons (Fsp3) is 0.250.